The van der Waals surface area contributed by atoms with Gasteiger partial charge in [-0.3, -0.25) is 9.36 Å². The highest BCUT2D eigenvalue weighted by Crippen LogP contribution is 2.29. The highest BCUT2D eigenvalue weighted by molar-refractivity contribution is 7.23. The number of nitrogens with one attached hydrogen (secondary N) is 3. The Balaban J connectivity index is 1.46. The van der Waals surface area contributed by atoms with E-state index in [1.165, 1.54) is 23.2 Å². The highest BCUT2D eigenvalue weighted by Gasteiger charge is 2.37. The van der Waals surface area contributed by atoms with Gasteiger partial charge in [0.1, 0.15) is 18.1 Å². The van der Waals surface area contributed by atoms with Crippen LogP contribution in [0.25, 0.3) is 6.08 Å². The third-order valence-corrected chi connectivity index (χ3v) is 4.77. The van der Waals surface area contributed by atoms with Gasteiger partial charge in [-0.15, -0.1) is 0 Å². The number of hydrogen-bond acceptors (Lipinski definition) is 8. The third-order valence-electron chi connectivity index (χ3n) is 4.26. The number of ether oxygens (including phenoxy) is 1. The summed E-state index contributed by atoms with van der Waals surface area (Å²) in [6, 6.07) is 1.58. The first-order valence-electron chi connectivity index (χ1n) is 9.41. The lowest BCUT2D eigenvalue weighted by Crippen LogP contribution is -2.30. The zero-order chi connectivity index (χ0) is 21.5. The van der Waals surface area contributed by atoms with E-state index in [2.05, 4.69) is 25.6 Å². The summed E-state index contributed by atoms with van der Waals surface area (Å²) in [5.41, 5.74) is 0.145. The lowest BCUT2D eigenvalue weighted by molar-refractivity contribution is -0.116. The van der Waals surface area contributed by atoms with E-state index in [9.17, 15) is 19.3 Å². The van der Waals surface area contributed by atoms with E-state index in [0.29, 0.717) is 24.6 Å². The van der Waals surface area contributed by atoms with Crippen molar-refractivity contribution in [2.45, 2.75) is 24.9 Å². The Kier molecular flexibility index (Phi) is 6.74. The Labute approximate surface area is 168 Å². The fourth-order valence-corrected chi connectivity index (χ4v) is 3.29. The van der Waals surface area contributed by atoms with E-state index >= 15 is 0 Å². The Bertz CT molecular complexity index is 966. The first-order valence-corrected chi connectivity index (χ1v) is 9.96. The average Bonchev–Trinajstić information content (AvgIpc) is 3.33. The first kappa shape index (κ1) is 19.4. The van der Waals surface area contributed by atoms with Crippen molar-refractivity contribution in [3.63, 3.8) is 0 Å². The summed E-state index contributed by atoms with van der Waals surface area (Å²) >= 11 is 0. The number of carbonyl (C=O) groups is 1. The number of amides is 1. The summed E-state index contributed by atoms with van der Waals surface area (Å²) in [4.78, 5) is 34.6. The van der Waals surface area contributed by atoms with Gasteiger partial charge < -0.3 is 25.5 Å². The summed E-state index contributed by atoms with van der Waals surface area (Å²) in [6.07, 6.45) is 5.28. The normalized spacial score (nSPS) is 22.4. The van der Waals surface area contributed by atoms with Gasteiger partial charge >= 0.3 is 15.4 Å². The Morgan fingerprint density at radius 3 is 3.14 bits per heavy atom. The fourth-order valence-electron chi connectivity index (χ4n) is 2.81. The van der Waals surface area contributed by atoms with Crippen molar-refractivity contribution in [2.75, 3.05) is 24.6 Å². The molecule has 1 fully saturated rings. The first-order chi connectivity index (χ1) is 14.4. The number of aromatic nitrogens is 4. The van der Waals surface area contributed by atoms with Crippen molar-refractivity contribution in [3.8, 4) is 0 Å². The Morgan fingerprint density at radius 1 is 1.55 bits per heavy atom. The van der Waals surface area contributed by atoms with E-state index in [1.807, 2.05) is 0 Å². The van der Waals surface area contributed by atoms with Gasteiger partial charge in [0.25, 0.3) is 0 Å². The molecule has 4 unspecified atom stereocenters. The smallest absolute Gasteiger partial charge is 0.388 e. The lowest BCUT2D eigenvalue weighted by atomic mass is 10.2. The molecule has 1 aliphatic heterocycles. The van der Waals surface area contributed by atoms with Gasteiger partial charge in [-0.25, -0.2) is 9.78 Å². The molecule has 11 nitrogen and oxygen atoms in total. The molecule has 4 atom stereocenters. The van der Waals surface area contributed by atoms with Crippen LogP contribution in [-0.2, 0) is 14.1 Å². The molecule has 0 bridgehead atoms. The molecular weight excluding hydrogens is 399 g/mol. The minimum absolute atomic E-state index is 0.0857. The van der Waals surface area contributed by atoms with E-state index in [-0.39, 0.29) is 18.5 Å². The number of hydrogen-bond donors (Lipinski definition) is 4. The van der Waals surface area contributed by atoms with Gasteiger partial charge in [-0.2, -0.15) is 4.98 Å². The number of aliphatic hydroxyl groups excluding tert-OH is 1. The van der Waals surface area contributed by atoms with Crippen LogP contribution >= 0.6 is 8.41 Å². The van der Waals surface area contributed by atoms with Gasteiger partial charge in [0.2, 0.25) is 5.91 Å². The summed E-state index contributed by atoms with van der Waals surface area (Å²) in [5, 5.41) is 15.6. The predicted molar refractivity (Wildman–Crippen MR) is 106 cm³/mol. The van der Waals surface area contributed by atoms with Crippen LogP contribution < -0.4 is 16.3 Å². The molecule has 1 aliphatic rings. The van der Waals surface area contributed by atoms with Crippen molar-refractivity contribution in [3.05, 3.63) is 47.0 Å². The SMILES string of the molecule is [3H][P+](=O)CC1OC(n2ccc(NCCNC(=O)/C=C/c3cnc[nH]3)nc2=O)CC1O. The third kappa shape index (κ3) is 5.80. The molecule has 3 rings (SSSR count). The average molecular weight is 423 g/mol. The highest BCUT2D eigenvalue weighted by atomic mass is 31.1. The molecule has 1 saturated heterocycles. The number of rotatable bonds is 9. The molecule has 1 amide bonds. The van der Waals surface area contributed by atoms with Crippen molar-refractivity contribution >= 4 is 26.2 Å². The largest absolute Gasteiger partial charge is 0.390 e. The topological polar surface area (TPSA) is 151 Å². The van der Waals surface area contributed by atoms with Crippen LogP contribution in [0.2, 0.25) is 0 Å². The second-order valence-corrected chi connectivity index (χ2v) is 6.93. The van der Waals surface area contributed by atoms with Crippen molar-refractivity contribution in [1.29, 1.82) is 1.28 Å². The van der Waals surface area contributed by atoms with Crippen LogP contribution in [0.1, 0.15) is 18.3 Å². The number of imidazole rings is 1. The number of aromatic amines is 1. The molecule has 12 heteroatoms. The standard InChI is InChI=1S/C17H21N6O5P/c24-12-7-16(28-13(12)9-29-27)23-6-3-14(22-17(23)26)19-4-5-20-15(25)2-1-11-8-18-10-21-11/h1-3,6,8,10,12-13,16,24H,4-5,7,9H2,(H,18,21)(H,20,25)(H,19,22,26)/p+1/b2-1+/i/hT. The quantitative estimate of drug-likeness (QED) is 0.248. The van der Waals surface area contributed by atoms with Crippen molar-refractivity contribution < 1.29 is 19.2 Å². The Morgan fingerprint density at radius 2 is 2.41 bits per heavy atom. The van der Waals surface area contributed by atoms with Gasteiger partial charge in [-0.1, -0.05) is 4.57 Å². The van der Waals surface area contributed by atoms with Crippen molar-refractivity contribution in [1.82, 2.24) is 24.8 Å². The molecule has 4 N–H and O–H groups in total. The molecule has 0 spiro atoms. The van der Waals surface area contributed by atoms with E-state index < -0.39 is 32.5 Å². The van der Waals surface area contributed by atoms with Gasteiger partial charge in [0.15, 0.2) is 6.16 Å². The minimum Gasteiger partial charge on any atom is -0.390 e. The fraction of sp³-hybridized carbons (Fsp3) is 0.412. The Hall–Kier alpha value is -2.88. The number of anilines is 1. The number of carbonyl (C=O) groups excluding carboxylic acids is 1. The van der Waals surface area contributed by atoms with Crippen LogP contribution in [0, 0.1) is 0 Å². The van der Waals surface area contributed by atoms with Gasteiger partial charge in [0.05, 0.1) is 24.3 Å². The van der Waals surface area contributed by atoms with E-state index in [1.54, 1.807) is 18.3 Å². The van der Waals surface area contributed by atoms with Crippen LogP contribution in [-0.4, -0.2) is 63.3 Å². The lowest BCUT2D eigenvalue weighted by Gasteiger charge is -2.14. The van der Waals surface area contributed by atoms with Crippen LogP contribution in [0.4, 0.5) is 5.82 Å². The maximum absolute atomic E-state index is 12.3. The second-order valence-electron chi connectivity index (χ2n) is 6.30. The van der Waals surface area contributed by atoms with Crippen molar-refractivity contribution in [2.24, 2.45) is 0 Å². The summed E-state index contributed by atoms with van der Waals surface area (Å²) in [6.45, 7) is 0.680. The number of aliphatic hydroxyl groups is 1. The molecule has 3 heterocycles. The van der Waals surface area contributed by atoms with Gasteiger partial charge in [0, 0.05) is 31.8 Å². The summed E-state index contributed by atoms with van der Waals surface area (Å²) in [7, 11) is -2.20. The molecule has 2 aromatic rings. The molecule has 0 radical (unpaired) electrons. The van der Waals surface area contributed by atoms with Gasteiger partial charge in [-0.05, 0) is 12.1 Å². The summed E-state index contributed by atoms with van der Waals surface area (Å²) < 4.78 is 25.0. The predicted octanol–water partition coefficient (Wildman–Crippen LogP) is -0.120. The van der Waals surface area contributed by atoms with Crippen LogP contribution in [0.5, 0.6) is 0 Å². The second kappa shape index (κ2) is 10.1. The molecule has 0 saturated carbocycles. The zero-order valence-corrected chi connectivity index (χ0v) is 16.3. The van der Waals surface area contributed by atoms with E-state index in [4.69, 9.17) is 6.02 Å². The molecule has 0 aliphatic carbocycles. The zero-order valence-electron chi connectivity index (χ0n) is 16.4. The maximum atomic E-state index is 12.3. The summed E-state index contributed by atoms with van der Waals surface area (Å²) in [5.74, 6) is 0.0681. The van der Waals surface area contributed by atoms with Crippen LogP contribution in [0.15, 0.2) is 35.7 Å². The molecule has 154 valence electrons. The van der Waals surface area contributed by atoms with E-state index in [0.717, 1.165) is 0 Å². The maximum Gasteiger partial charge on any atom is 0.388 e. The molecule has 0 aromatic carbocycles. The molecular formula is C17H22N6O5P+. The number of H-pyrrole nitrogens is 1. The monoisotopic (exact) mass is 423 g/mol. The molecule has 29 heavy (non-hydrogen) atoms. The van der Waals surface area contributed by atoms with Crippen LogP contribution in [0.3, 0.4) is 0 Å². The minimum atomic E-state index is -2.20. The number of nitrogens with zero attached hydrogens (tertiary/aromatic N) is 3. The molecule has 2 aromatic heterocycles.